The molecular formula is C20H20N6O2S2. The van der Waals surface area contributed by atoms with Gasteiger partial charge >= 0.3 is 0 Å². The summed E-state index contributed by atoms with van der Waals surface area (Å²) in [6.07, 6.45) is 1.73. The van der Waals surface area contributed by atoms with E-state index < -0.39 is 9.84 Å². The molecule has 30 heavy (non-hydrogen) atoms. The summed E-state index contributed by atoms with van der Waals surface area (Å²) in [5, 5.41) is 10.4. The lowest BCUT2D eigenvalue weighted by atomic mass is 10.1. The first-order valence-electron chi connectivity index (χ1n) is 9.60. The zero-order valence-electron chi connectivity index (χ0n) is 16.1. The van der Waals surface area contributed by atoms with Crippen LogP contribution in [-0.2, 0) is 16.4 Å². The molecule has 4 heterocycles. The Morgan fingerprint density at radius 3 is 2.60 bits per heavy atom. The Morgan fingerprint density at radius 2 is 1.87 bits per heavy atom. The van der Waals surface area contributed by atoms with E-state index in [1.807, 2.05) is 28.1 Å². The number of fused-ring (bicyclic) bond motifs is 1. The van der Waals surface area contributed by atoms with Crippen molar-refractivity contribution in [2.75, 3.05) is 29.9 Å². The molecule has 3 aromatic heterocycles. The molecule has 5 rings (SSSR count). The van der Waals surface area contributed by atoms with Gasteiger partial charge < -0.3 is 0 Å². The molecule has 1 aliphatic rings. The lowest BCUT2D eigenvalue weighted by Gasteiger charge is -2.26. The Kier molecular flexibility index (Phi) is 4.97. The lowest BCUT2D eigenvalue weighted by Crippen LogP contribution is -2.39. The smallest absolute Gasteiger partial charge is 0.249 e. The molecule has 0 spiro atoms. The van der Waals surface area contributed by atoms with Crippen molar-refractivity contribution in [1.29, 1.82) is 0 Å². The van der Waals surface area contributed by atoms with Gasteiger partial charge in [0.2, 0.25) is 5.95 Å². The molecule has 10 heteroatoms. The number of sulfone groups is 1. The van der Waals surface area contributed by atoms with E-state index in [1.54, 1.807) is 6.20 Å². The monoisotopic (exact) mass is 440 g/mol. The molecule has 154 valence electrons. The van der Waals surface area contributed by atoms with Gasteiger partial charge in [-0.15, -0.1) is 16.4 Å². The van der Waals surface area contributed by atoms with E-state index in [-0.39, 0.29) is 11.5 Å². The molecule has 0 saturated carbocycles. The summed E-state index contributed by atoms with van der Waals surface area (Å²) < 4.78 is 25.0. The maximum absolute atomic E-state index is 11.6. The molecule has 1 aliphatic heterocycles. The van der Waals surface area contributed by atoms with Crippen molar-refractivity contribution in [2.45, 2.75) is 6.54 Å². The minimum Gasteiger partial charge on any atom is -0.299 e. The van der Waals surface area contributed by atoms with Gasteiger partial charge in [-0.25, -0.2) is 17.9 Å². The maximum Gasteiger partial charge on any atom is 0.249 e. The number of thiazole rings is 1. The van der Waals surface area contributed by atoms with E-state index in [0.29, 0.717) is 19.0 Å². The average molecular weight is 441 g/mol. The van der Waals surface area contributed by atoms with Crippen LogP contribution in [0, 0.1) is 0 Å². The van der Waals surface area contributed by atoms with Gasteiger partial charge in [-0.3, -0.25) is 10.2 Å². The first kappa shape index (κ1) is 19.2. The van der Waals surface area contributed by atoms with Crippen molar-refractivity contribution < 1.29 is 8.42 Å². The molecule has 0 bridgehead atoms. The van der Waals surface area contributed by atoms with Crippen molar-refractivity contribution in [3.63, 3.8) is 0 Å². The Balaban J connectivity index is 1.35. The van der Waals surface area contributed by atoms with Crippen molar-refractivity contribution in [3.8, 4) is 11.3 Å². The van der Waals surface area contributed by atoms with Gasteiger partial charge in [0.05, 0.1) is 17.2 Å². The molecule has 1 N–H and O–H groups in total. The molecule has 1 saturated heterocycles. The van der Waals surface area contributed by atoms with Gasteiger partial charge in [-0.1, -0.05) is 30.3 Å². The molecule has 0 radical (unpaired) electrons. The standard InChI is InChI=1S/C20H20N6O2S2/c27-30(28)12-9-25(10-13-30)14-15-4-6-16(7-5-15)17-2-1-3-18-22-19(24-26(17)18)23-20-21-8-11-29-20/h1-8,11H,9-10,12-14H2,(H,21,23,24). The summed E-state index contributed by atoms with van der Waals surface area (Å²) in [6.45, 7) is 1.94. The number of nitrogens with one attached hydrogen (secondary N) is 1. The highest BCUT2D eigenvalue weighted by Crippen LogP contribution is 2.23. The van der Waals surface area contributed by atoms with Crippen LogP contribution in [0.15, 0.2) is 54.0 Å². The third kappa shape index (κ3) is 4.07. The van der Waals surface area contributed by atoms with Crippen LogP contribution in [0.25, 0.3) is 16.9 Å². The summed E-state index contributed by atoms with van der Waals surface area (Å²) in [7, 11) is -2.85. The van der Waals surface area contributed by atoms with Gasteiger partial charge in [0.15, 0.2) is 20.6 Å². The SMILES string of the molecule is O=S1(=O)CCN(Cc2ccc(-c3cccc4nc(Nc5nccs5)nn34)cc2)CC1. The second kappa shape index (κ2) is 7.78. The van der Waals surface area contributed by atoms with E-state index in [4.69, 9.17) is 0 Å². The van der Waals surface area contributed by atoms with Gasteiger partial charge in [0, 0.05) is 36.8 Å². The number of pyridine rings is 1. The third-order valence-corrected chi connectivity index (χ3v) is 7.40. The van der Waals surface area contributed by atoms with Gasteiger partial charge in [-0.2, -0.15) is 4.98 Å². The topological polar surface area (TPSA) is 92.5 Å². The minimum absolute atomic E-state index is 0.247. The van der Waals surface area contributed by atoms with E-state index >= 15 is 0 Å². The number of benzene rings is 1. The molecule has 0 unspecified atom stereocenters. The predicted molar refractivity (Wildman–Crippen MR) is 118 cm³/mol. The number of anilines is 2. The lowest BCUT2D eigenvalue weighted by molar-refractivity contribution is 0.287. The third-order valence-electron chi connectivity index (χ3n) is 5.10. The zero-order chi connectivity index (χ0) is 20.6. The zero-order valence-corrected chi connectivity index (χ0v) is 17.7. The fraction of sp³-hybridized carbons (Fsp3) is 0.250. The second-order valence-electron chi connectivity index (χ2n) is 7.20. The first-order valence-corrected chi connectivity index (χ1v) is 12.3. The summed E-state index contributed by atoms with van der Waals surface area (Å²) in [4.78, 5) is 10.9. The van der Waals surface area contributed by atoms with E-state index in [0.717, 1.165) is 34.1 Å². The molecular weight excluding hydrogens is 420 g/mol. The summed E-state index contributed by atoms with van der Waals surface area (Å²) in [6, 6.07) is 14.2. The first-order chi connectivity index (χ1) is 14.6. The highest BCUT2D eigenvalue weighted by atomic mass is 32.2. The molecule has 1 aromatic carbocycles. The molecule has 4 aromatic rings. The number of aromatic nitrogens is 4. The highest BCUT2D eigenvalue weighted by molar-refractivity contribution is 7.91. The second-order valence-corrected chi connectivity index (χ2v) is 10.4. The number of hydrogen-bond acceptors (Lipinski definition) is 8. The largest absolute Gasteiger partial charge is 0.299 e. The van der Waals surface area contributed by atoms with E-state index in [2.05, 4.69) is 49.5 Å². The summed E-state index contributed by atoms with van der Waals surface area (Å²) in [5.41, 5.74) is 3.90. The Bertz CT molecular complexity index is 1250. The van der Waals surface area contributed by atoms with Crippen molar-refractivity contribution >= 4 is 37.9 Å². The predicted octanol–water partition coefficient (Wildman–Crippen LogP) is 2.83. The van der Waals surface area contributed by atoms with Crippen molar-refractivity contribution in [2.24, 2.45) is 0 Å². The number of rotatable bonds is 5. The fourth-order valence-electron chi connectivity index (χ4n) is 3.50. The Labute approximate surface area is 178 Å². The Hall–Kier alpha value is -2.82. The quantitative estimate of drug-likeness (QED) is 0.510. The van der Waals surface area contributed by atoms with Crippen LogP contribution in [0.3, 0.4) is 0 Å². The van der Waals surface area contributed by atoms with Gasteiger partial charge in [0.25, 0.3) is 0 Å². The van der Waals surface area contributed by atoms with Crippen LogP contribution in [0.1, 0.15) is 5.56 Å². The molecule has 0 amide bonds. The van der Waals surface area contributed by atoms with Crippen molar-refractivity contribution in [1.82, 2.24) is 24.5 Å². The highest BCUT2D eigenvalue weighted by Gasteiger charge is 2.21. The summed E-state index contributed by atoms with van der Waals surface area (Å²) in [5.74, 6) is 1.00. The molecule has 1 fully saturated rings. The average Bonchev–Trinajstić information content (AvgIpc) is 3.39. The number of nitrogens with zero attached hydrogens (tertiary/aromatic N) is 5. The molecule has 8 nitrogen and oxygen atoms in total. The normalized spacial score (nSPS) is 16.7. The van der Waals surface area contributed by atoms with E-state index in [9.17, 15) is 8.42 Å². The van der Waals surface area contributed by atoms with Gasteiger partial charge in [-0.05, 0) is 17.7 Å². The van der Waals surface area contributed by atoms with E-state index in [1.165, 1.54) is 11.3 Å². The fourth-order valence-corrected chi connectivity index (χ4v) is 5.30. The van der Waals surface area contributed by atoms with Crippen LogP contribution in [0.4, 0.5) is 11.1 Å². The minimum atomic E-state index is -2.85. The molecule has 0 atom stereocenters. The van der Waals surface area contributed by atoms with Crippen LogP contribution < -0.4 is 5.32 Å². The van der Waals surface area contributed by atoms with Crippen LogP contribution in [0.5, 0.6) is 0 Å². The number of hydrogen-bond donors (Lipinski definition) is 1. The van der Waals surface area contributed by atoms with Crippen LogP contribution in [-0.4, -0.2) is 57.5 Å². The Morgan fingerprint density at radius 1 is 1.07 bits per heavy atom. The van der Waals surface area contributed by atoms with Crippen LogP contribution >= 0.6 is 11.3 Å². The van der Waals surface area contributed by atoms with Crippen LogP contribution in [0.2, 0.25) is 0 Å². The maximum atomic E-state index is 11.6. The summed E-state index contributed by atoms with van der Waals surface area (Å²) >= 11 is 1.50. The van der Waals surface area contributed by atoms with Gasteiger partial charge in [0.1, 0.15) is 0 Å². The van der Waals surface area contributed by atoms with Crippen molar-refractivity contribution in [3.05, 3.63) is 59.6 Å². The molecule has 0 aliphatic carbocycles.